The van der Waals surface area contributed by atoms with Crippen molar-refractivity contribution in [1.29, 1.82) is 0 Å². The van der Waals surface area contributed by atoms with Crippen LogP contribution in [-0.2, 0) is 6.54 Å². The van der Waals surface area contributed by atoms with E-state index in [9.17, 15) is 0 Å². The molecule has 0 spiro atoms. The minimum Gasteiger partial charge on any atom is -0.389 e. The lowest BCUT2D eigenvalue weighted by Gasteiger charge is -2.13. The Morgan fingerprint density at radius 2 is 1.90 bits per heavy atom. The van der Waals surface area contributed by atoms with Gasteiger partial charge in [-0.15, -0.1) is 5.10 Å². The summed E-state index contributed by atoms with van der Waals surface area (Å²) >= 11 is 5.10. The predicted octanol–water partition coefficient (Wildman–Crippen LogP) is 1.94. The van der Waals surface area contributed by atoms with Gasteiger partial charge >= 0.3 is 0 Å². The molecular formula is C13H17N5OS. The van der Waals surface area contributed by atoms with E-state index in [0.29, 0.717) is 17.4 Å². The van der Waals surface area contributed by atoms with Crippen molar-refractivity contribution in [3.63, 3.8) is 0 Å². The fourth-order valence-corrected chi connectivity index (χ4v) is 2.21. The summed E-state index contributed by atoms with van der Waals surface area (Å²) in [6, 6.07) is 0. The lowest BCUT2D eigenvalue weighted by Crippen LogP contribution is -2.18. The molecule has 0 unspecified atom stereocenters. The highest BCUT2D eigenvalue weighted by molar-refractivity contribution is 7.80. The zero-order chi connectivity index (χ0) is 14.9. The summed E-state index contributed by atoms with van der Waals surface area (Å²) in [5.41, 5.74) is 10.1. The van der Waals surface area contributed by atoms with E-state index in [-0.39, 0.29) is 0 Å². The van der Waals surface area contributed by atoms with Crippen LogP contribution in [-0.4, -0.2) is 20.3 Å². The summed E-state index contributed by atoms with van der Waals surface area (Å²) in [5, 5.41) is 15.4. The van der Waals surface area contributed by atoms with E-state index < -0.39 is 0 Å². The SMILES string of the molecule is Cc1nnc(NCc2c(C)noc2C)c(C(N)=S)c1C. The number of nitrogens with two attached hydrogens (primary N) is 1. The summed E-state index contributed by atoms with van der Waals surface area (Å²) in [7, 11) is 0. The van der Waals surface area contributed by atoms with Crippen LogP contribution in [0.5, 0.6) is 0 Å². The van der Waals surface area contributed by atoms with Crippen LogP contribution in [0, 0.1) is 27.7 Å². The molecule has 0 saturated carbocycles. The van der Waals surface area contributed by atoms with Crippen molar-refractivity contribution in [3.05, 3.63) is 33.8 Å². The van der Waals surface area contributed by atoms with E-state index in [1.54, 1.807) is 0 Å². The number of hydrogen-bond acceptors (Lipinski definition) is 6. The molecule has 0 radical (unpaired) electrons. The molecule has 2 aromatic heterocycles. The summed E-state index contributed by atoms with van der Waals surface area (Å²) in [6.45, 7) is 8.11. The van der Waals surface area contributed by atoms with Crippen molar-refractivity contribution < 1.29 is 4.52 Å². The average molecular weight is 291 g/mol. The number of hydrogen-bond donors (Lipinski definition) is 2. The van der Waals surface area contributed by atoms with E-state index in [2.05, 4.69) is 20.7 Å². The normalized spacial score (nSPS) is 10.6. The van der Waals surface area contributed by atoms with Crippen LogP contribution in [0.2, 0.25) is 0 Å². The Bertz CT molecular complexity index is 646. The quantitative estimate of drug-likeness (QED) is 0.832. The van der Waals surface area contributed by atoms with Crippen molar-refractivity contribution in [1.82, 2.24) is 15.4 Å². The zero-order valence-electron chi connectivity index (χ0n) is 11.9. The van der Waals surface area contributed by atoms with Gasteiger partial charge in [0.05, 0.1) is 17.0 Å². The molecule has 6 nitrogen and oxygen atoms in total. The number of anilines is 1. The van der Waals surface area contributed by atoms with E-state index in [1.165, 1.54) is 0 Å². The third-order valence-corrected chi connectivity index (χ3v) is 3.52. The van der Waals surface area contributed by atoms with Crippen LogP contribution >= 0.6 is 12.2 Å². The van der Waals surface area contributed by atoms with Crippen molar-refractivity contribution >= 4 is 23.0 Å². The van der Waals surface area contributed by atoms with Gasteiger partial charge in [0.15, 0.2) is 5.82 Å². The van der Waals surface area contributed by atoms with Gasteiger partial charge in [-0.25, -0.2) is 0 Å². The molecule has 0 amide bonds. The second-order valence-electron chi connectivity index (χ2n) is 4.65. The number of aromatic nitrogens is 3. The molecule has 3 N–H and O–H groups in total. The Hall–Kier alpha value is -2.02. The second kappa shape index (κ2) is 5.54. The first-order valence-corrected chi connectivity index (χ1v) is 6.62. The molecule has 0 atom stereocenters. The van der Waals surface area contributed by atoms with Crippen LogP contribution in [0.15, 0.2) is 4.52 Å². The second-order valence-corrected chi connectivity index (χ2v) is 5.09. The summed E-state index contributed by atoms with van der Waals surface area (Å²) in [4.78, 5) is 0.307. The molecule has 2 rings (SSSR count). The molecule has 2 heterocycles. The van der Waals surface area contributed by atoms with Crippen molar-refractivity contribution in [2.45, 2.75) is 34.2 Å². The molecule has 0 aliphatic rings. The van der Waals surface area contributed by atoms with Gasteiger partial charge in [0, 0.05) is 12.1 Å². The van der Waals surface area contributed by atoms with Gasteiger partial charge in [-0.2, -0.15) is 5.10 Å². The predicted molar refractivity (Wildman–Crippen MR) is 80.7 cm³/mol. The number of nitrogens with zero attached hydrogens (tertiary/aromatic N) is 3. The lowest BCUT2D eigenvalue weighted by atomic mass is 10.1. The number of thiocarbonyl (C=S) groups is 1. The molecule has 0 saturated heterocycles. The summed E-state index contributed by atoms with van der Waals surface area (Å²) in [6.07, 6.45) is 0. The van der Waals surface area contributed by atoms with Crippen LogP contribution in [0.1, 0.15) is 33.8 Å². The lowest BCUT2D eigenvalue weighted by molar-refractivity contribution is 0.392. The fraction of sp³-hybridized carbons (Fsp3) is 0.385. The van der Waals surface area contributed by atoms with Crippen molar-refractivity contribution in [3.8, 4) is 0 Å². The largest absolute Gasteiger partial charge is 0.389 e. The minimum atomic E-state index is 0.307. The molecular weight excluding hydrogens is 274 g/mol. The number of nitrogens with one attached hydrogen (secondary N) is 1. The molecule has 0 bridgehead atoms. The highest BCUT2D eigenvalue weighted by Crippen LogP contribution is 2.20. The highest BCUT2D eigenvalue weighted by atomic mass is 32.1. The van der Waals surface area contributed by atoms with E-state index in [4.69, 9.17) is 22.5 Å². The van der Waals surface area contributed by atoms with Crippen LogP contribution in [0.3, 0.4) is 0 Å². The van der Waals surface area contributed by atoms with Crippen molar-refractivity contribution in [2.75, 3.05) is 5.32 Å². The number of aryl methyl sites for hydroxylation is 3. The van der Waals surface area contributed by atoms with Crippen LogP contribution in [0.4, 0.5) is 5.82 Å². The fourth-order valence-electron chi connectivity index (χ4n) is 1.96. The average Bonchev–Trinajstić information content (AvgIpc) is 2.70. The molecule has 0 aromatic carbocycles. The third kappa shape index (κ3) is 2.62. The zero-order valence-corrected chi connectivity index (χ0v) is 12.8. The number of rotatable bonds is 4. The maximum Gasteiger partial charge on any atom is 0.159 e. The van der Waals surface area contributed by atoms with Crippen LogP contribution in [0.25, 0.3) is 0 Å². The Kier molecular flexibility index (Phi) is 3.99. The summed E-state index contributed by atoms with van der Waals surface area (Å²) < 4.78 is 5.13. The van der Waals surface area contributed by atoms with Crippen molar-refractivity contribution in [2.24, 2.45) is 5.73 Å². The molecule has 0 aliphatic heterocycles. The standard InChI is InChI=1S/C13H17N5OS/c1-6-7(2)16-17-13(11(6)12(14)20)15-5-10-8(3)18-19-9(10)4/h5H2,1-4H3,(H2,14,20)(H,15,17). The van der Waals surface area contributed by atoms with Gasteiger partial charge in [0.25, 0.3) is 0 Å². The van der Waals surface area contributed by atoms with Gasteiger partial charge in [-0.3, -0.25) is 0 Å². The van der Waals surface area contributed by atoms with E-state index in [0.717, 1.165) is 33.8 Å². The first-order chi connectivity index (χ1) is 9.41. The molecule has 0 aliphatic carbocycles. The molecule has 106 valence electrons. The Labute approximate surface area is 122 Å². The Balaban J connectivity index is 2.31. The molecule has 0 fully saturated rings. The maximum absolute atomic E-state index is 5.79. The van der Waals surface area contributed by atoms with Gasteiger partial charge < -0.3 is 15.6 Å². The molecule has 2 aromatic rings. The van der Waals surface area contributed by atoms with Gasteiger partial charge in [0.2, 0.25) is 0 Å². The monoisotopic (exact) mass is 291 g/mol. The highest BCUT2D eigenvalue weighted by Gasteiger charge is 2.15. The van der Waals surface area contributed by atoms with E-state index >= 15 is 0 Å². The first-order valence-electron chi connectivity index (χ1n) is 6.21. The molecule has 20 heavy (non-hydrogen) atoms. The van der Waals surface area contributed by atoms with Gasteiger partial charge in [-0.1, -0.05) is 17.4 Å². The maximum atomic E-state index is 5.79. The van der Waals surface area contributed by atoms with Gasteiger partial charge in [0.1, 0.15) is 10.7 Å². The Morgan fingerprint density at radius 3 is 2.45 bits per heavy atom. The van der Waals surface area contributed by atoms with Crippen LogP contribution < -0.4 is 11.1 Å². The molecule has 7 heteroatoms. The Morgan fingerprint density at radius 1 is 1.20 bits per heavy atom. The third-order valence-electron chi connectivity index (χ3n) is 3.31. The first kappa shape index (κ1) is 14.4. The summed E-state index contributed by atoms with van der Waals surface area (Å²) in [5.74, 6) is 1.37. The topological polar surface area (TPSA) is 89.9 Å². The van der Waals surface area contributed by atoms with E-state index in [1.807, 2.05) is 27.7 Å². The minimum absolute atomic E-state index is 0.307. The smallest absolute Gasteiger partial charge is 0.159 e. The van der Waals surface area contributed by atoms with Gasteiger partial charge in [-0.05, 0) is 33.3 Å².